The number of nitro benzene ring substituents is 1. The minimum Gasteiger partial charge on any atom is -0.494 e. The summed E-state index contributed by atoms with van der Waals surface area (Å²) in [4.78, 5) is 20.1. The number of ether oxygens (including phenoxy) is 2. The molecule has 1 rings (SSSR count). The van der Waals surface area contributed by atoms with E-state index in [1.807, 2.05) is 0 Å². The Bertz CT molecular complexity index is 444. The molecule has 0 aliphatic carbocycles. The molecular formula is C8H8N2O6. The van der Waals surface area contributed by atoms with Crippen LogP contribution in [0.15, 0.2) is 12.1 Å². The highest BCUT2D eigenvalue weighted by Crippen LogP contribution is 2.36. The lowest BCUT2D eigenvalue weighted by atomic mass is 10.2. The number of hydrogen-bond donors (Lipinski definition) is 2. The number of nitrogens with two attached hydrogens (primary N) is 1. The number of anilines is 1. The predicted molar refractivity (Wildman–Crippen MR) is 52.7 cm³/mol. The van der Waals surface area contributed by atoms with Crippen LogP contribution in [0.5, 0.6) is 11.5 Å². The van der Waals surface area contributed by atoms with E-state index in [9.17, 15) is 14.9 Å². The third-order valence-corrected chi connectivity index (χ3v) is 1.71. The van der Waals surface area contributed by atoms with E-state index in [1.165, 1.54) is 7.11 Å². The van der Waals surface area contributed by atoms with Crippen molar-refractivity contribution < 1.29 is 24.3 Å². The molecule has 0 fully saturated rings. The number of carboxylic acid groups (broad SMARTS) is 1. The van der Waals surface area contributed by atoms with Gasteiger partial charge in [-0.05, 0) is 0 Å². The van der Waals surface area contributed by atoms with Gasteiger partial charge in [0.2, 0.25) is 5.75 Å². The summed E-state index contributed by atoms with van der Waals surface area (Å²) in [7, 11) is 1.28. The lowest BCUT2D eigenvalue weighted by Crippen LogP contribution is -2.06. The van der Waals surface area contributed by atoms with Crippen LogP contribution in [0.3, 0.4) is 0 Å². The molecule has 0 radical (unpaired) electrons. The van der Waals surface area contributed by atoms with Crippen LogP contribution in [-0.4, -0.2) is 23.3 Å². The van der Waals surface area contributed by atoms with E-state index in [0.717, 1.165) is 12.1 Å². The van der Waals surface area contributed by atoms with E-state index in [1.54, 1.807) is 0 Å². The normalized spacial score (nSPS) is 9.56. The fraction of sp³-hybridized carbons (Fsp3) is 0.125. The van der Waals surface area contributed by atoms with Gasteiger partial charge < -0.3 is 20.3 Å². The summed E-state index contributed by atoms with van der Waals surface area (Å²) in [5.41, 5.74) is 4.97. The van der Waals surface area contributed by atoms with Crippen molar-refractivity contribution >= 4 is 17.5 Å². The van der Waals surface area contributed by atoms with Crippen LogP contribution in [0.1, 0.15) is 0 Å². The summed E-state index contributed by atoms with van der Waals surface area (Å²) in [6.07, 6.45) is -1.66. The number of benzene rings is 1. The smallest absolute Gasteiger partial charge is 0.494 e. The van der Waals surface area contributed by atoms with Crippen molar-refractivity contribution in [2.75, 3.05) is 12.8 Å². The molecule has 0 spiro atoms. The molecule has 8 heteroatoms. The molecule has 16 heavy (non-hydrogen) atoms. The third kappa shape index (κ3) is 2.29. The van der Waals surface area contributed by atoms with Gasteiger partial charge in [-0.2, -0.15) is 0 Å². The highest BCUT2D eigenvalue weighted by Gasteiger charge is 2.21. The lowest BCUT2D eigenvalue weighted by Gasteiger charge is -2.06. The zero-order chi connectivity index (χ0) is 12.3. The quantitative estimate of drug-likeness (QED) is 0.262. The summed E-state index contributed by atoms with van der Waals surface area (Å²) in [6, 6.07) is 2.01. The van der Waals surface area contributed by atoms with Crippen LogP contribution < -0.4 is 15.2 Å². The second kappa shape index (κ2) is 4.34. The lowest BCUT2D eigenvalue weighted by molar-refractivity contribution is -0.385. The van der Waals surface area contributed by atoms with Gasteiger partial charge in [-0.1, -0.05) is 0 Å². The van der Waals surface area contributed by atoms with Crippen LogP contribution in [0, 0.1) is 10.1 Å². The Morgan fingerprint density at radius 1 is 1.50 bits per heavy atom. The number of rotatable bonds is 3. The minimum absolute atomic E-state index is 0.0457. The Balaban J connectivity index is 3.30. The number of nitro groups is 1. The zero-order valence-electron chi connectivity index (χ0n) is 8.17. The maximum atomic E-state index is 10.6. The first-order valence-corrected chi connectivity index (χ1v) is 3.98. The first-order chi connectivity index (χ1) is 7.45. The molecule has 3 N–H and O–H groups in total. The fourth-order valence-corrected chi connectivity index (χ4v) is 1.06. The summed E-state index contributed by atoms with van der Waals surface area (Å²) in [5.74, 6) is -0.375. The van der Waals surface area contributed by atoms with Gasteiger partial charge >= 0.3 is 11.8 Å². The molecule has 0 atom stereocenters. The van der Waals surface area contributed by atoms with Crippen molar-refractivity contribution in [2.45, 2.75) is 0 Å². The molecule has 0 amide bonds. The van der Waals surface area contributed by atoms with Crippen LogP contribution in [0.4, 0.5) is 16.2 Å². The number of hydrogen-bond acceptors (Lipinski definition) is 6. The molecule has 0 saturated heterocycles. The van der Waals surface area contributed by atoms with E-state index in [4.69, 9.17) is 15.6 Å². The minimum atomic E-state index is -1.66. The molecule has 0 heterocycles. The number of nitrogen functional groups attached to an aromatic ring is 1. The molecule has 0 bridgehead atoms. The van der Waals surface area contributed by atoms with Crippen molar-refractivity contribution in [1.82, 2.24) is 0 Å². The SMILES string of the molecule is COc1cc([N+](=O)[O-])c(OC(=O)O)cc1N. The van der Waals surface area contributed by atoms with Gasteiger partial charge in [-0.15, -0.1) is 0 Å². The first-order valence-electron chi connectivity index (χ1n) is 3.98. The second-order valence-corrected chi connectivity index (χ2v) is 2.69. The Morgan fingerprint density at radius 3 is 2.56 bits per heavy atom. The maximum absolute atomic E-state index is 10.6. The molecule has 0 saturated carbocycles. The molecular weight excluding hydrogens is 220 g/mol. The van der Waals surface area contributed by atoms with E-state index >= 15 is 0 Å². The average Bonchev–Trinajstić information content (AvgIpc) is 2.16. The van der Waals surface area contributed by atoms with E-state index in [0.29, 0.717) is 0 Å². The molecule has 0 aromatic heterocycles. The average molecular weight is 228 g/mol. The van der Waals surface area contributed by atoms with Gasteiger partial charge in [0, 0.05) is 6.07 Å². The Hall–Kier alpha value is -2.51. The molecule has 1 aromatic carbocycles. The maximum Gasteiger partial charge on any atom is 0.511 e. The first kappa shape index (κ1) is 11.6. The fourth-order valence-electron chi connectivity index (χ4n) is 1.06. The van der Waals surface area contributed by atoms with Crippen LogP contribution in [0.2, 0.25) is 0 Å². The Labute approximate surface area is 89.3 Å². The van der Waals surface area contributed by atoms with Gasteiger partial charge in [0.05, 0.1) is 23.8 Å². The summed E-state index contributed by atoms with van der Waals surface area (Å²) < 4.78 is 8.99. The largest absolute Gasteiger partial charge is 0.511 e. The highest BCUT2D eigenvalue weighted by molar-refractivity contribution is 5.70. The summed E-state index contributed by atoms with van der Waals surface area (Å²) >= 11 is 0. The topological polar surface area (TPSA) is 125 Å². The van der Waals surface area contributed by atoms with E-state index < -0.39 is 22.5 Å². The van der Waals surface area contributed by atoms with Crippen LogP contribution >= 0.6 is 0 Å². The monoisotopic (exact) mass is 228 g/mol. The van der Waals surface area contributed by atoms with E-state index in [2.05, 4.69) is 4.74 Å². The van der Waals surface area contributed by atoms with Crippen LogP contribution in [-0.2, 0) is 0 Å². The molecule has 0 aliphatic heterocycles. The van der Waals surface area contributed by atoms with Crippen molar-refractivity contribution in [3.63, 3.8) is 0 Å². The van der Waals surface area contributed by atoms with Crippen LogP contribution in [0.25, 0.3) is 0 Å². The van der Waals surface area contributed by atoms with Gasteiger partial charge in [0.1, 0.15) is 5.75 Å². The summed E-state index contributed by atoms with van der Waals surface area (Å²) in [6.45, 7) is 0. The molecule has 86 valence electrons. The standard InChI is InChI=1S/C8H8N2O6/c1-15-6-3-5(10(13)14)7(2-4(6)9)16-8(11)12/h2-3H,9H2,1H3,(H,11,12). The molecule has 1 aromatic rings. The Kier molecular flexibility index (Phi) is 3.14. The van der Waals surface area contributed by atoms with Crippen molar-refractivity contribution in [2.24, 2.45) is 0 Å². The second-order valence-electron chi connectivity index (χ2n) is 2.69. The Morgan fingerprint density at radius 2 is 2.12 bits per heavy atom. The zero-order valence-corrected chi connectivity index (χ0v) is 8.17. The van der Waals surface area contributed by atoms with Gasteiger partial charge in [-0.25, -0.2) is 4.79 Å². The molecule has 0 unspecified atom stereocenters. The number of nitrogens with zero attached hydrogens (tertiary/aromatic N) is 1. The van der Waals surface area contributed by atoms with Crippen molar-refractivity contribution in [3.8, 4) is 11.5 Å². The third-order valence-electron chi connectivity index (χ3n) is 1.71. The van der Waals surface area contributed by atoms with Gasteiger partial charge in [0.25, 0.3) is 0 Å². The van der Waals surface area contributed by atoms with E-state index in [-0.39, 0.29) is 11.4 Å². The highest BCUT2D eigenvalue weighted by atomic mass is 16.7. The summed E-state index contributed by atoms with van der Waals surface area (Å²) in [5, 5.41) is 19.0. The molecule has 0 aliphatic rings. The predicted octanol–water partition coefficient (Wildman–Crippen LogP) is 1.24. The van der Waals surface area contributed by atoms with Crippen molar-refractivity contribution in [1.29, 1.82) is 0 Å². The molecule has 8 nitrogen and oxygen atoms in total. The number of carbonyl (C=O) groups is 1. The van der Waals surface area contributed by atoms with Gasteiger partial charge in [0.15, 0.2) is 0 Å². The number of methoxy groups -OCH3 is 1. The van der Waals surface area contributed by atoms with Crippen molar-refractivity contribution in [3.05, 3.63) is 22.2 Å². The van der Waals surface area contributed by atoms with Gasteiger partial charge in [-0.3, -0.25) is 10.1 Å².